The van der Waals surface area contributed by atoms with Crippen molar-refractivity contribution in [3.05, 3.63) is 34.9 Å². The van der Waals surface area contributed by atoms with Crippen molar-refractivity contribution in [2.75, 3.05) is 11.9 Å². The Morgan fingerprint density at radius 2 is 2.15 bits per heavy atom. The van der Waals surface area contributed by atoms with Crippen LogP contribution in [0.2, 0.25) is 0 Å². The summed E-state index contributed by atoms with van der Waals surface area (Å²) in [7, 11) is 0. The zero-order valence-electron chi connectivity index (χ0n) is 16.4. The highest BCUT2D eigenvalue weighted by Crippen LogP contribution is 2.54. The highest BCUT2D eigenvalue weighted by atomic mass is 79.9. The Labute approximate surface area is 170 Å². The van der Waals surface area contributed by atoms with Gasteiger partial charge in [-0.2, -0.15) is 0 Å². The van der Waals surface area contributed by atoms with Crippen LogP contribution < -0.4 is 4.74 Å². The van der Waals surface area contributed by atoms with Crippen molar-refractivity contribution in [3.8, 4) is 11.5 Å². The number of allylic oxidation sites excluding steroid dienone is 2. The van der Waals surface area contributed by atoms with Gasteiger partial charge in [-0.15, -0.1) is 0 Å². The molecular weight excluding hydrogens is 408 g/mol. The summed E-state index contributed by atoms with van der Waals surface area (Å²) < 4.78 is 11.6. The van der Waals surface area contributed by atoms with Crippen molar-refractivity contribution in [2.45, 2.75) is 64.4 Å². The van der Waals surface area contributed by atoms with Crippen LogP contribution in [-0.4, -0.2) is 28.6 Å². The minimum Gasteiger partial charge on any atom is -0.508 e. The molecule has 0 amide bonds. The first-order chi connectivity index (χ1) is 12.8. The lowest BCUT2D eigenvalue weighted by atomic mass is 9.67. The van der Waals surface area contributed by atoms with E-state index in [9.17, 15) is 9.90 Å². The molecular formula is C22H29BrO4. The molecule has 1 aromatic carbocycles. The Morgan fingerprint density at radius 3 is 2.89 bits per heavy atom. The van der Waals surface area contributed by atoms with Crippen molar-refractivity contribution < 1.29 is 19.4 Å². The van der Waals surface area contributed by atoms with Crippen molar-refractivity contribution in [1.82, 2.24) is 0 Å². The van der Waals surface area contributed by atoms with Gasteiger partial charge in [-0.05, 0) is 64.2 Å². The third-order valence-electron chi connectivity index (χ3n) is 5.70. The Kier molecular flexibility index (Phi) is 6.19. The number of unbranched alkanes of at least 4 members (excludes halogenated alkanes) is 1. The lowest BCUT2D eigenvalue weighted by molar-refractivity contribution is -0.142. The molecule has 0 aromatic heterocycles. The van der Waals surface area contributed by atoms with Crippen LogP contribution in [-0.2, 0) is 16.0 Å². The van der Waals surface area contributed by atoms with Crippen LogP contribution in [0.25, 0.3) is 0 Å². The van der Waals surface area contributed by atoms with E-state index in [0.29, 0.717) is 18.3 Å². The number of hydrogen-bond acceptors (Lipinski definition) is 4. The summed E-state index contributed by atoms with van der Waals surface area (Å²) in [5, 5.41) is 11.6. The topological polar surface area (TPSA) is 55.8 Å². The van der Waals surface area contributed by atoms with E-state index in [1.165, 1.54) is 5.57 Å². The van der Waals surface area contributed by atoms with Gasteiger partial charge in [0.1, 0.15) is 17.1 Å². The Hall–Kier alpha value is -1.49. The monoisotopic (exact) mass is 436 g/mol. The van der Waals surface area contributed by atoms with Crippen LogP contribution in [0, 0.1) is 5.92 Å². The minimum atomic E-state index is -0.309. The molecule has 27 heavy (non-hydrogen) atoms. The molecule has 0 saturated heterocycles. The molecule has 1 aliphatic carbocycles. The fourth-order valence-corrected chi connectivity index (χ4v) is 4.72. The van der Waals surface area contributed by atoms with Crippen LogP contribution in [0.1, 0.15) is 63.5 Å². The number of fused-ring (bicyclic) bond motifs is 3. The van der Waals surface area contributed by atoms with E-state index in [-0.39, 0.29) is 29.7 Å². The van der Waals surface area contributed by atoms with Crippen LogP contribution in [0.3, 0.4) is 0 Å². The zero-order chi connectivity index (χ0) is 19.6. The second kappa shape index (κ2) is 8.26. The van der Waals surface area contributed by atoms with Crippen LogP contribution in [0.5, 0.6) is 11.5 Å². The summed E-state index contributed by atoms with van der Waals surface area (Å²) in [5.41, 5.74) is 2.67. The second-order valence-electron chi connectivity index (χ2n) is 8.23. The SMILES string of the molecule is CC1=CCC2C(C1)c1c(O)cc(CC(=O)OCCCCBr)cc1OC2(C)C. The van der Waals surface area contributed by atoms with Crippen molar-refractivity contribution in [1.29, 1.82) is 0 Å². The number of aromatic hydroxyl groups is 1. The number of carbonyl (C=O) groups is 1. The standard InChI is InChI=1S/C22H29BrO4/c1-14-6-7-17-16(10-14)21-18(24)11-15(12-19(21)27-22(17,2)3)13-20(25)26-9-5-4-8-23/h6,11-12,16-17,24H,4-5,7-10,13H2,1-3H3. The first-order valence-corrected chi connectivity index (χ1v) is 10.9. The highest BCUT2D eigenvalue weighted by molar-refractivity contribution is 9.09. The number of phenols is 1. The minimum absolute atomic E-state index is 0.145. The number of rotatable bonds is 6. The molecule has 2 atom stereocenters. The molecule has 148 valence electrons. The number of carbonyl (C=O) groups excluding carboxylic acids is 1. The number of benzene rings is 1. The van der Waals surface area contributed by atoms with E-state index in [0.717, 1.165) is 42.1 Å². The van der Waals surface area contributed by atoms with Gasteiger partial charge >= 0.3 is 5.97 Å². The number of hydrogen-bond donors (Lipinski definition) is 1. The average molecular weight is 437 g/mol. The Balaban J connectivity index is 1.80. The molecule has 1 aromatic rings. The Bertz CT molecular complexity index is 738. The van der Waals surface area contributed by atoms with Crippen molar-refractivity contribution >= 4 is 21.9 Å². The number of phenolic OH excluding ortho intramolecular Hbond substituents is 1. The van der Waals surface area contributed by atoms with Gasteiger partial charge in [-0.3, -0.25) is 4.79 Å². The predicted octanol–water partition coefficient (Wildman–Crippen LogP) is 5.26. The quantitative estimate of drug-likeness (QED) is 0.285. The summed E-state index contributed by atoms with van der Waals surface area (Å²) in [6, 6.07) is 3.60. The van der Waals surface area contributed by atoms with Crippen LogP contribution >= 0.6 is 15.9 Å². The number of halogens is 1. The van der Waals surface area contributed by atoms with Gasteiger partial charge in [-0.25, -0.2) is 0 Å². The maximum atomic E-state index is 12.1. The lowest BCUT2D eigenvalue weighted by Gasteiger charge is -2.47. The van der Waals surface area contributed by atoms with Gasteiger partial charge in [0.25, 0.3) is 0 Å². The largest absolute Gasteiger partial charge is 0.508 e. The number of alkyl halides is 1. The van der Waals surface area contributed by atoms with E-state index >= 15 is 0 Å². The van der Waals surface area contributed by atoms with E-state index in [2.05, 4.69) is 42.8 Å². The summed E-state index contributed by atoms with van der Waals surface area (Å²) >= 11 is 3.36. The number of esters is 1. The van der Waals surface area contributed by atoms with E-state index in [4.69, 9.17) is 9.47 Å². The van der Waals surface area contributed by atoms with Crippen molar-refractivity contribution in [3.63, 3.8) is 0 Å². The number of ether oxygens (including phenoxy) is 2. The predicted molar refractivity (Wildman–Crippen MR) is 110 cm³/mol. The molecule has 4 nitrogen and oxygen atoms in total. The van der Waals surface area contributed by atoms with Gasteiger partial charge in [0.2, 0.25) is 0 Å². The molecule has 0 radical (unpaired) electrons. The van der Waals surface area contributed by atoms with Gasteiger partial charge in [0.15, 0.2) is 0 Å². The summed E-state index contributed by atoms with van der Waals surface area (Å²) in [6.45, 7) is 6.81. The third-order valence-corrected chi connectivity index (χ3v) is 6.26. The summed E-state index contributed by atoms with van der Waals surface area (Å²) in [4.78, 5) is 12.1. The smallest absolute Gasteiger partial charge is 0.310 e. The van der Waals surface area contributed by atoms with Gasteiger partial charge in [0.05, 0.1) is 13.0 Å². The molecule has 1 heterocycles. The maximum absolute atomic E-state index is 12.1. The molecule has 0 fully saturated rings. The molecule has 1 N–H and O–H groups in total. The summed E-state index contributed by atoms with van der Waals surface area (Å²) in [6.07, 6.45) is 6.16. The third kappa shape index (κ3) is 4.50. The molecule has 1 aliphatic heterocycles. The van der Waals surface area contributed by atoms with Gasteiger partial charge in [0, 0.05) is 22.7 Å². The first-order valence-electron chi connectivity index (χ1n) is 9.74. The Morgan fingerprint density at radius 1 is 1.37 bits per heavy atom. The highest BCUT2D eigenvalue weighted by Gasteiger charge is 2.45. The molecule has 0 saturated carbocycles. The van der Waals surface area contributed by atoms with Crippen molar-refractivity contribution in [2.24, 2.45) is 5.92 Å². The van der Waals surface area contributed by atoms with Gasteiger partial charge in [-0.1, -0.05) is 27.6 Å². The molecule has 2 unspecified atom stereocenters. The lowest BCUT2D eigenvalue weighted by Crippen LogP contribution is -2.45. The van der Waals surface area contributed by atoms with Crippen LogP contribution in [0.4, 0.5) is 0 Å². The van der Waals surface area contributed by atoms with E-state index in [1.54, 1.807) is 6.07 Å². The fraction of sp³-hybridized carbons (Fsp3) is 0.591. The fourth-order valence-electron chi connectivity index (χ4n) is 4.32. The molecule has 0 spiro atoms. The average Bonchev–Trinajstić information content (AvgIpc) is 2.57. The maximum Gasteiger partial charge on any atom is 0.310 e. The second-order valence-corrected chi connectivity index (χ2v) is 9.02. The zero-order valence-corrected chi connectivity index (χ0v) is 18.0. The van der Waals surface area contributed by atoms with E-state index < -0.39 is 0 Å². The molecule has 3 rings (SSSR count). The molecule has 5 heteroatoms. The van der Waals surface area contributed by atoms with Gasteiger partial charge < -0.3 is 14.6 Å². The molecule has 2 aliphatic rings. The summed E-state index contributed by atoms with van der Waals surface area (Å²) in [5.74, 6) is 1.25. The van der Waals surface area contributed by atoms with Crippen LogP contribution in [0.15, 0.2) is 23.8 Å². The normalized spacial score (nSPS) is 22.9. The molecule has 0 bridgehead atoms. The first kappa shape index (κ1) is 20.2. The van der Waals surface area contributed by atoms with E-state index in [1.807, 2.05) is 6.07 Å².